The van der Waals surface area contributed by atoms with Gasteiger partial charge in [0.2, 0.25) is 11.7 Å². The molecular formula is C21H17ClN4O. The molecule has 0 spiro atoms. The van der Waals surface area contributed by atoms with Crippen LogP contribution in [0.1, 0.15) is 11.3 Å². The molecule has 1 N–H and O–H groups in total. The van der Waals surface area contributed by atoms with Crippen LogP contribution >= 0.6 is 11.6 Å². The number of nitrogens with zero attached hydrogens (tertiary/aromatic N) is 3. The van der Waals surface area contributed by atoms with Gasteiger partial charge in [-0.3, -0.25) is 9.20 Å². The first kappa shape index (κ1) is 17.2. The lowest BCUT2D eigenvalue weighted by Gasteiger charge is -2.07. The summed E-state index contributed by atoms with van der Waals surface area (Å²) in [6.45, 7) is 2.00. The van der Waals surface area contributed by atoms with Crippen molar-refractivity contribution in [2.45, 2.75) is 13.3 Å². The minimum Gasteiger partial charge on any atom is -0.326 e. The molecule has 5 nitrogen and oxygen atoms in total. The summed E-state index contributed by atoms with van der Waals surface area (Å²) in [5.41, 5.74) is 4.43. The summed E-state index contributed by atoms with van der Waals surface area (Å²) >= 11 is 5.88. The third-order valence-corrected chi connectivity index (χ3v) is 4.59. The zero-order valence-corrected chi connectivity index (χ0v) is 15.4. The summed E-state index contributed by atoms with van der Waals surface area (Å²) in [7, 11) is 0. The van der Waals surface area contributed by atoms with Crippen molar-refractivity contribution in [3.63, 3.8) is 0 Å². The fourth-order valence-corrected chi connectivity index (χ4v) is 3.14. The van der Waals surface area contributed by atoms with E-state index in [2.05, 4.69) is 15.3 Å². The van der Waals surface area contributed by atoms with Crippen LogP contribution in [0.2, 0.25) is 5.02 Å². The Balaban J connectivity index is 1.56. The molecule has 0 bridgehead atoms. The Labute approximate surface area is 161 Å². The quantitative estimate of drug-likeness (QED) is 0.568. The molecule has 4 rings (SSSR count). The molecule has 6 heteroatoms. The van der Waals surface area contributed by atoms with Crippen LogP contribution in [0.15, 0.2) is 67.0 Å². The Morgan fingerprint density at radius 2 is 1.96 bits per heavy atom. The number of imidazole rings is 1. The number of hydrogen-bond acceptors (Lipinski definition) is 3. The molecule has 27 heavy (non-hydrogen) atoms. The van der Waals surface area contributed by atoms with Crippen molar-refractivity contribution >= 4 is 29.0 Å². The number of amides is 1. The second kappa shape index (κ2) is 7.21. The van der Waals surface area contributed by atoms with Gasteiger partial charge in [-0.05, 0) is 42.8 Å². The highest BCUT2D eigenvalue weighted by molar-refractivity contribution is 6.30. The number of carbonyl (C=O) groups is 1. The number of anilines is 1. The first-order chi connectivity index (χ1) is 13.1. The molecule has 0 aliphatic heterocycles. The van der Waals surface area contributed by atoms with Gasteiger partial charge in [0.05, 0.1) is 12.1 Å². The van der Waals surface area contributed by atoms with E-state index in [1.54, 1.807) is 18.3 Å². The number of carbonyl (C=O) groups excluding carboxylic acids is 1. The summed E-state index contributed by atoms with van der Waals surface area (Å²) in [5.74, 6) is 0.574. The van der Waals surface area contributed by atoms with Crippen LogP contribution in [0, 0.1) is 6.92 Å². The summed E-state index contributed by atoms with van der Waals surface area (Å²) in [6, 6.07) is 16.8. The normalized spacial score (nSPS) is 10.9. The van der Waals surface area contributed by atoms with E-state index in [0.717, 1.165) is 28.2 Å². The molecule has 0 fully saturated rings. The molecule has 0 atom stereocenters. The minimum absolute atomic E-state index is 0.0807. The van der Waals surface area contributed by atoms with Crippen LogP contribution in [0.3, 0.4) is 0 Å². The number of halogens is 1. The Kier molecular flexibility index (Phi) is 4.60. The van der Waals surface area contributed by atoms with Gasteiger partial charge in [-0.25, -0.2) is 9.97 Å². The molecule has 0 saturated heterocycles. The van der Waals surface area contributed by atoms with Gasteiger partial charge in [-0.2, -0.15) is 0 Å². The third kappa shape index (κ3) is 3.68. The van der Waals surface area contributed by atoms with Crippen LogP contribution in [0.5, 0.6) is 0 Å². The van der Waals surface area contributed by atoms with E-state index in [9.17, 15) is 4.79 Å². The fourth-order valence-electron chi connectivity index (χ4n) is 3.01. The van der Waals surface area contributed by atoms with Crippen molar-refractivity contribution in [1.82, 2.24) is 14.4 Å². The van der Waals surface area contributed by atoms with E-state index < -0.39 is 0 Å². The molecule has 2 aromatic carbocycles. The second-order valence-electron chi connectivity index (χ2n) is 6.27. The zero-order valence-electron chi connectivity index (χ0n) is 14.7. The predicted molar refractivity (Wildman–Crippen MR) is 107 cm³/mol. The standard InChI is InChI=1S/C21H17ClN4O/c1-14-20(25-21-23-10-3-11-26(14)21)16-4-2-5-18(13-16)24-19(27)12-15-6-8-17(22)9-7-15/h2-11,13H,12H2,1H3,(H,24,27). The number of benzene rings is 2. The lowest BCUT2D eigenvalue weighted by Crippen LogP contribution is -2.14. The van der Waals surface area contributed by atoms with E-state index in [1.165, 1.54) is 0 Å². The highest BCUT2D eigenvalue weighted by atomic mass is 35.5. The van der Waals surface area contributed by atoms with E-state index in [0.29, 0.717) is 17.2 Å². The van der Waals surface area contributed by atoms with Gasteiger partial charge >= 0.3 is 0 Å². The highest BCUT2D eigenvalue weighted by Crippen LogP contribution is 2.25. The number of aromatic nitrogens is 3. The number of hydrogen-bond donors (Lipinski definition) is 1. The lowest BCUT2D eigenvalue weighted by molar-refractivity contribution is -0.115. The molecule has 1 amide bonds. The molecule has 2 aromatic heterocycles. The molecule has 4 aromatic rings. The minimum atomic E-state index is -0.0807. The topological polar surface area (TPSA) is 59.3 Å². The van der Waals surface area contributed by atoms with Gasteiger partial charge in [-0.1, -0.05) is 35.9 Å². The van der Waals surface area contributed by atoms with Crippen LogP contribution < -0.4 is 5.32 Å². The maximum atomic E-state index is 12.3. The van der Waals surface area contributed by atoms with Crippen LogP contribution in [-0.2, 0) is 11.2 Å². The Bertz CT molecular complexity index is 1120. The largest absolute Gasteiger partial charge is 0.326 e. The van der Waals surface area contributed by atoms with E-state index in [1.807, 2.05) is 60.0 Å². The van der Waals surface area contributed by atoms with Crippen molar-refractivity contribution in [2.75, 3.05) is 5.32 Å². The monoisotopic (exact) mass is 376 g/mol. The van der Waals surface area contributed by atoms with E-state index in [4.69, 9.17) is 11.6 Å². The Morgan fingerprint density at radius 1 is 1.15 bits per heavy atom. The maximum Gasteiger partial charge on any atom is 0.234 e. The van der Waals surface area contributed by atoms with Crippen molar-refractivity contribution < 1.29 is 4.79 Å². The molecule has 0 aliphatic rings. The lowest BCUT2D eigenvalue weighted by atomic mass is 10.1. The van der Waals surface area contributed by atoms with Crippen LogP contribution in [0.25, 0.3) is 17.0 Å². The average Bonchev–Trinajstić information content (AvgIpc) is 3.01. The van der Waals surface area contributed by atoms with Crippen LogP contribution in [0.4, 0.5) is 5.69 Å². The van der Waals surface area contributed by atoms with E-state index in [-0.39, 0.29) is 5.91 Å². The molecular weight excluding hydrogens is 360 g/mol. The molecule has 0 unspecified atom stereocenters. The highest BCUT2D eigenvalue weighted by Gasteiger charge is 2.12. The fraction of sp³-hybridized carbons (Fsp3) is 0.0952. The van der Waals surface area contributed by atoms with Gasteiger partial charge in [0.15, 0.2) is 0 Å². The Morgan fingerprint density at radius 3 is 2.74 bits per heavy atom. The van der Waals surface area contributed by atoms with Crippen molar-refractivity contribution in [1.29, 1.82) is 0 Å². The van der Waals surface area contributed by atoms with Crippen molar-refractivity contribution in [3.05, 3.63) is 83.3 Å². The number of aryl methyl sites for hydroxylation is 1. The molecule has 134 valence electrons. The molecule has 0 radical (unpaired) electrons. The van der Waals surface area contributed by atoms with Crippen molar-refractivity contribution in [2.24, 2.45) is 0 Å². The summed E-state index contributed by atoms with van der Waals surface area (Å²) in [6.07, 6.45) is 3.95. The first-order valence-corrected chi connectivity index (χ1v) is 8.92. The Hall–Kier alpha value is -3.18. The average molecular weight is 377 g/mol. The van der Waals surface area contributed by atoms with Gasteiger partial charge in [0, 0.05) is 34.4 Å². The van der Waals surface area contributed by atoms with Crippen LogP contribution in [-0.4, -0.2) is 20.3 Å². The van der Waals surface area contributed by atoms with Gasteiger partial charge < -0.3 is 5.32 Å². The van der Waals surface area contributed by atoms with E-state index >= 15 is 0 Å². The third-order valence-electron chi connectivity index (χ3n) is 4.34. The van der Waals surface area contributed by atoms with Gasteiger partial charge in [0.25, 0.3) is 0 Å². The summed E-state index contributed by atoms with van der Waals surface area (Å²) in [5, 5.41) is 3.60. The SMILES string of the molecule is Cc1c(-c2cccc(NC(=O)Cc3ccc(Cl)cc3)c2)nc2ncccn12. The molecule has 0 saturated carbocycles. The smallest absolute Gasteiger partial charge is 0.234 e. The summed E-state index contributed by atoms with van der Waals surface area (Å²) in [4.78, 5) is 21.2. The number of fused-ring (bicyclic) bond motifs is 1. The number of rotatable bonds is 4. The maximum absolute atomic E-state index is 12.3. The van der Waals surface area contributed by atoms with Gasteiger partial charge in [0.1, 0.15) is 0 Å². The molecule has 2 heterocycles. The summed E-state index contributed by atoms with van der Waals surface area (Å²) < 4.78 is 1.95. The molecule has 0 aliphatic carbocycles. The van der Waals surface area contributed by atoms with Crippen molar-refractivity contribution in [3.8, 4) is 11.3 Å². The second-order valence-corrected chi connectivity index (χ2v) is 6.70. The zero-order chi connectivity index (χ0) is 18.8. The van der Waals surface area contributed by atoms with Gasteiger partial charge in [-0.15, -0.1) is 0 Å². The predicted octanol–water partition coefficient (Wildman–Crippen LogP) is 4.54. The first-order valence-electron chi connectivity index (χ1n) is 8.54. The number of nitrogens with one attached hydrogen (secondary N) is 1.